The number of amides is 1. The van der Waals surface area contributed by atoms with Gasteiger partial charge in [-0.25, -0.2) is 9.97 Å². The van der Waals surface area contributed by atoms with Crippen LogP contribution >= 0.6 is 11.8 Å². The first-order valence-corrected chi connectivity index (χ1v) is 10.6. The molecule has 2 heterocycles. The highest BCUT2D eigenvalue weighted by atomic mass is 32.2. The van der Waals surface area contributed by atoms with Crippen molar-refractivity contribution in [2.24, 2.45) is 0 Å². The molecule has 1 saturated carbocycles. The average molecular weight is 417 g/mol. The Morgan fingerprint density at radius 1 is 1.17 bits per heavy atom. The monoisotopic (exact) mass is 416 g/mol. The molecule has 0 saturated heterocycles. The maximum Gasteiger partial charge on any atom is 0.221 e. The molecule has 2 aromatic heterocycles. The number of nitrogens with zero attached hydrogens (tertiary/aromatic N) is 3. The van der Waals surface area contributed by atoms with E-state index >= 15 is 0 Å². The zero-order chi connectivity index (χ0) is 20.7. The third kappa shape index (κ3) is 3.73. The molecule has 8 heteroatoms. The summed E-state index contributed by atoms with van der Waals surface area (Å²) in [7, 11) is 0. The van der Waals surface area contributed by atoms with Gasteiger partial charge in [0, 0.05) is 34.7 Å². The Bertz CT molecular complexity index is 1250. The van der Waals surface area contributed by atoms with Crippen molar-refractivity contribution in [1.29, 1.82) is 0 Å². The van der Waals surface area contributed by atoms with E-state index in [0.29, 0.717) is 16.9 Å². The summed E-state index contributed by atoms with van der Waals surface area (Å²) in [5.74, 6) is 0.941. The molecule has 0 aliphatic heterocycles. The van der Waals surface area contributed by atoms with Crippen LogP contribution in [-0.2, 0) is 4.79 Å². The lowest BCUT2D eigenvalue weighted by molar-refractivity contribution is -0.114. The molecule has 5 rings (SSSR count). The Kier molecular flexibility index (Phi) is 4.63. The second-order valence-corrected chi connectivity index (χ2v) is 8.42. The van der Waals surface area contributed by atoms with Crippen molar-refractivity contribution in [2.75, 3.05) is 11.1 Å². The summed E-state index contributed by atoms with van der Waals surface area (Å²) in [6, 6.07) is 15.5. The number of carbonyl (C=O) groups is 1. The molecule has 1 aliphatic carbocycles. The second-order valence-electron chi connectivity index (χ2n) is 7.38. The third-order valence-electron chi connectivity index (χ3n) is 5.01. The topological polar surface area (TPSA) is 110 Å². The summed E-state index contributed by atoms with van der Waals surface area (Å²) in [5.41, 5.74) is 10.9. The number of benzene rings is 2. The fourth-order valence-corrected chi connectivity index (χ4v) is 4.21. The molecule has 1 aliphatic rings. The van der Waals surface area contributed by atoms with Crippen molar-refractivity contribution < 1.29 is 4.79 Å². The van der Waals surface area contributed by atoms with Crippen molar-refractivity contribution in [3.63, 3.8) is 0 Å². The van der Waals surface area contributed by atoms with Crippen LogP contribution < -0.4 is 11.1 Å². The predicted molar refractivity (Wildman–Crippen MR) is 118 cm³/mol. The smallest absolute Gasteiger partial charge is 0.221 e. The number of aromatic nitrogens is 4. The molecule has 0 atom stereocenters. The Balaban J connectivity index is 1.46. The predicted octanol–water partition coefficient (Wildman–Crippen LogP) is 4.59. The van der Waals surface area contributed by atoms with Gasteiger partial charge in [-0.2, -0.15) is 5.10 Å². The lowest BCUT2D eigenvalue weighted by Gasteiger charge is -2.09. The molecule has 1 amide bonds. The number of anilines is 2. The van der Waals surface area contributed by atoms with Gasteiger partial charge >= 0.3 is 0 Å². The normalized spacial score (nSPS) is 13.5. The number of nitrogens with one attached hydrogen (secondary N) is 2. The van der Waals surface area contributed by atoms with E-state index in [-0.39, 0.29) is 5.91 Å². The minimum absolute atomic E-state index is 0.0991. The minimum Gasteiger partial charge on any atom is -0.383 e. The molecule has 150 valence electrons. The van der Waals surface area contributed by atoms with Crippen LogP contribution in [0.1, 0.15) is 31.4 Å². The third-order valence-corrected chi connectivity index (χ3v) is 5.88. The van der Waals surface area contributed by atoms with Gasteiger partial charge in [-0.15, -0.1) is 0 Å². The highest BCUT2D eigenvalue weighted by Crippen LogP contribution is 2.41. The molecule has 2 aromatic carbocycles. The Morgan fingerprint density at radius 3 is 2.70 bits per heavy atom. The number of rotatable bonds is 5. The summed E-state index contributed by atoms with van der Waals surface area (Å²) in [6.07, 6.45) is 2.43. The van der Waals surface area contributed by atoms with Gasteiger partial charge in [0.2, 0.25) is 5.91 Å². The van der Waals surface area contributed by atoms with Gasteiger partial charge in [-0.3, -0.25) is 9.89 Å². The molecular formula is C22H20N6OS. The minimum atomic E-state index is -0.0991. The average Bonchev–Trinajstić information content (AvgIpc) is 3.45. The van der Waals surface area contributed by atoms with Gasteiger partial charge in [0.1, 0.15) is 5.82 Å². The van der Waals surface area contributed by atoms with E-state index in [2.05, 4.69) is 26.6 Å². The summed E-state index contributed by atoms with van der Waals surface area (Å²) in [4.78, 5) is 21.4. The maximum absolute atomic E-state index is 11.2. The van der Waals surface area contributed by atoms with Crippen LogP contribution in [-0.4, -0.2) is 26.1 Å². The fourth-order valence-electron chi connectivity index (χ4n) is 3.44. The van der Waals surface area contributed by atoms with Gasteiger partial charge in [-0.1, -0.05) is 12.1 Å². The van der Waals surface area contributed by atoms with Crippen molar-refractivity contribution in [3.05, 3.63) is 54.2 Å². The Hall–Kier alpha value is -3.39. The first-order valence-electron chi connectivity index (χ1n) is 9.74. The van der Waals surface area contributed by atoms with E-state index in [4.69, 9.17) is 10.7 Å². The van der Waals surface area contributed by atoms with Crippen molar-refractivity contribution >= 4 is 40.1 Å². The lowest BCUT2D eigenvalue weighted by Crippen LogP contribution is -2.05. The van der Waals surface area contributed by atoms with E-state index in [9.17, 15) is 4.79 Å². The standard InChI is InChI=1S/C22H20N6OS/c1-12(29)24-14-7-9-15(10-8-14)30-22-25-17-4-2-3-16(20(17)21(23)26-22)19-11-18(27-28-19)13-5-6-13/h2-4,7-11,13H,5-6H2,1H3,(H,24,29)(H,27,28)(H2,23,25,26). The Morgan fingerprint density at radius 2 is 1.97 bits per heavy atom. The van der Waals surface area contributed by atoms with Gasteiger partial charge in [-0.05, 0) is 61.0 Å². The quantitative estimate of drug-likeness (QED) is 0.411. The van der Waals surface area contributed by atoms with Crippen LogP contribution in [0.3, 0.4) is 0 Å². The molecule has 7 nitrogen and oxygen atoms in total. The van der Waals surface area contributed by atoms with Gasteiger partial charge in [0.15, 0.2) is 5.16 Å². The number of hydrogen-bond acceptors (Lipinski definition) is 6. The van der Waals surface area contributed by atoms with E-state index in [1.807, 2.05) is 42.5 Å². The van der Waals surface area contributed by atoms with Crippen LogP contribution in [0.4, 0.5) is 11.5 Å². The molecule has 1 fully saturated rings. The largest absolute Gasteiger partial charge is 0.383 e. The van der Waals surface area contributed by atoms with Gasteiger partial charge in [0.25, 0.3) is 0 Å². The van der Waals surface area contributed by atoms with Gasteiger partial charge in [0.05, 0.1) is 16.6 Å². The molecule has 0 bridgehead atoms. The number of hydrogen-bond donors (Lipinski definition) is 3. The summed E-state index contributed by atoms with van der Waals surface area (Å²) in [5, 5.41) is 11.8. The first kappa shape index (κ1) is 18.6. The molecule has 0 radical (unpaired) electrons. The maximum atomic E-state index is 11.2. The van der Waals surface area contributed by atoms with Crippen LogP contribution in [0, 0.1) is 0 Å². The number of fused-ring (bicyclic) bond motifs is 1. The van der Waals surface area contributed by atoms with E-state index in [1.54, 1.807) is 0 Å². The molecule has 4 N–H and O–H groups in total. The molecule has 0 spiro atoms. The van der Waals surface area contributed by atoms with E-state index in [0.717, 1.165) is 32.7 Å². The van der Waals surface area contributed by atoms with Crippen molar-refractivity contribution in [3.8, 4) is 11.3 Å². The molecular weight excluding hydrogens is 396 g/mol. The highest BCUT2D eigenvalue weighted by Gasteiger charge is 2.26. The number of carbonyl (C=O) groups excluding carboxylic acids is 1. The summed E-state index contributed by atoms with van der Waals surface area (Å²) >= 11 is 1.43. The van der Waals surface area contributed by atoms with E-state index in [1.165, 1.54) is 37.2 Å². The zero-order valence-electron chi connectivity index (χ0n) is 16.3. The van der Waals surface area contributed by atoms with Crippen LogP contribution in [0.2, 0.25) is 0 Å². The van der Waals surface area contributed by atoms with Crippen LogP contribution in [0.5, 0.6) is 0 Å². The summed E-state index contributed by atoms with van der Waals surface area (Å²) < 4.78 is 0. The summed E-state index contributed by atoms with van der Waals surface area (Å²) in [6.45, 7) is 1.48. The zero-order valence-corrected chi connectivity index (χ0v) is 17.2. The number of H-pyrrole nitrogens is 1. The van der Waals surface area contributed by atoms with E-state index < -0.39 is 0 Å². The fraction of sp³-hybridized carbons (Fsp3) is 0.182. The number of nitrogen functional groups attached to an aromatic ring is 1. The van der Waals surface area contributed by atoms with Crippen LogP contribution in [0.15, 0.2) is 58.6 Å². The van der Waals surface area contributed by atoms with Crippen molar-refractivity contribution in [1.82, 2.24) is 20.2 Å². The van der Waals surface area contributed by atoms with Gasteiger partial charge < -0.3 is 11.1 Å². The second kappa shape index (κ2) is 7.46. The first-order chi connectivity index (χ1) is 14.6. The lowest BCUT2D eigenvalue weighted by atomic mass is 10.1. The molecule has 0 unspecified atom stereocenters. The Labute approximate surface area is 177 Å². The molecule has 30 heavy (non-hydrogen) atoms. The number of nitrogens with two attached hydrogens (primary N) is 1. The highest BCUT2D eigenvalue weighted by molar-refractivity contribution is 7.99. The molecule has 4 aromatic rings. The number of aromatic amines is 1. The SMILES string of the molecule is CC(=O)Nc1ccc(Sc2nc(N)c3c(-c4cc(C5CC5)[nH]n4)cccc3n2)cc1. The van der Waals surface area contributed by atoms with Crippen LogP contribution in [0.25, 0.3) is 22.2 Å². The van der Waals surface area contributed by atoms with Crippen molar-refractivity contribution in [2.45, 2.75) is 35.7 Å².